The SMILES string of the molecule is CC(C)=CCCC(C)CCOc1c(O)c2ccc(O)cc2oc1=O. The fraction of sp³-hybridized carbons (Fsp3) is 0.421. The summed E-state index contributed by atoms with van der Waals surface area (Å²) in [5.41, 5.74) is 0.686. The Morgan fingerprint density at radius 3 is 2.75 bits per heavy atom. The van der Waals surface area contributed by atoms with E-state index in [1.165, 1.54) is 23.8 Å². The topological polar surface area (TPSA) is 79.9 Å². The van der Waals surface area contributed by atoms with E-state index >= 15 is 0 Å². The number of hydrogen-bond donors (Lipinski definition) is 2. The van der Waals surface area contributed by atoms with E-state index in [1.54, 1.807) is 0 Å². The molecule has 0 bridgehead atoms. The summed E-state index contributed by atoms with van der Waals surface area (Å²) in [4.78, 5) is 11.9. The molecule has 0 radical (unpaired) electrons. The molecule has 1 unspecified atom stereocenters. The Bertz CT molecular complexity index is 784. The zero-order valence-corrected chi connectivity index (χ0v) is 14.3. The van der Waals surface area contributed by atoms with Crippen LogP contribution in [0.15, 0.2) is 39.1 Å². The van der Waals surface area contributed by atoms with Gasteiger partial charge in [-0.15, -0.1) is 0 Å². The summed E-state index contributed by atoms with van der Waals surface area (Å²) in [6, 6.07) is 4.18. The van der Waals surface area contributed by atoms with Gasteiger partial charge in [0.25, 0.3) is 0 Å². The fourth-order valence-electron chi connectivity index (χ4n) is 2.45. The average Bonchev–Trinajstić information content (AvgIpc) is 2.49. The predicted octanol–water partition coefficient (Wildman–Crippen LogP) is 4.36. The molecule has 130 valence electrons. The Balaban J connectivity index is 2.01. The van der Waals surface area contributed by atoms with Gasteiger partial charge < -0.3 is 19.4 Å². The van der Waals surface area contributed by atoms with Crippen molar-refractivity contribution in [3.63, 3.8) is 0 Å². The molecule has 0 fully saturated rings. The highest BCUT2D eigenvalue weighted by Crippen LogP contribution is 2.33. The molecule has 5 heteroatoms. The number of benzene rings is 1. The molecule has 5 nitrogen and oxygen atoms in total. The zero-order valence-electron chi connectivity index (χ0n) is 14.3. The Morgan fingerprint density at radius 1 is 1.29 bits per heavy atom. The van der Waals surface area contributed by atoms with Crippen LogP contribution in [0.1, 0.15) is 40.0 Å². The van der Waals surface area contributed by atoms with E-state index in [0.29, 0.717) is 17.9 Å². The second-order valence-electron chi connectivity index (χ2n) is 6.35. The van der Waals surface area contributed by atoms with E-state index in [9.17, 15) is 15.0 Å². The van der Waals surface area contributed by atoms with Crippen molar-refractivity contribution in [2.75, 3.05) is 6.61 Å². The molecule has 0 aliphatic heterocycles. The van der Waals surface area contributed by atoms with E-state index in [-0.39, 0.29) is 22.8 Å². The van der Waals surface area contributed by atoms with Crippen LogP contribution in [0.2, 0.25) is 0 Å². The van der Waals surface area contributed by atoms with Gasteiger partial charge in [0.1, 0.15) is 11.3 Å². The summed E-state index contributed by atoms with van der Waals surface area (Å²) in [6.45, 7) is 6.62. The van der Waals surface area contributed by atoms with Crippen LogP contribution in [0.4, 0.5) is 0 Å². The molecule has 1 atom stereocenters. The smallest absolute Gasteiger partial charge is 0.383 e. The molecule has 2 rings (SSSR count). The number of allylic oxidation sites excluding steroid dienone is 2. The number of aromatic hydroxyl groups is 2. The molecule has 0 aliphatic carbocycles. The van der Waals surface area contributed by atoms with Gasteiger partial charge in [0.2, 0.25) is 5.75 Å². The first-order valence-electron chi connectivity index (χ1n) is 8.13. The first kappa shape index (κ1) is 17.9. The van der Waals surface area contributed by atoms with Crippen LogP contribution < -0.4 is 10.4 Å². The fourth-order valence-corrected chi connectivity index (χ4v) is 2.45. The lowest BCUT2D eigenvalue weighted by atomic mass is 10.0. The molecule has 0 amide bonds. The van der Waals surface area contributed by atoms with Crippen LogP contribution in [0.3, 0.4) is 0 Å². The summed E-state index contributed by atoms with van der Waals surface area (Å²) in [7, 11) is 0. The van der Waals surface area contributed by atoms with Crippen molar-refractivity contribution >= 4 is 11.0 Å². The molecule has 24 heavy (non-hydrogen) atoms. The number of fused-ring (bicyclic) bond motifs is 1. The quantitative estimate of drug-likeness (QED) is 0.582. The van der Waals surface area contributed by atoms with Gasteiger partial charge in [0.05, 0.1) is 12.0 Å². The van der Waals surface area contributed by atoms with Crippen molar-refractivity contribution in [1.29, 1.82) is 0 Å². The number of phenols is 1. The summed E-state index contributed by atoms with van der Waals surface area (Å²) in [5, 5.41) is 20.0. The lowest BCUT2D eigenvalue weighted by molar-refractivity contribution is 0.257. The molecular weight excluding hydrogens is 308 g/mol. The third kappa shape index (κ3) is 4.54. The number of ether oxygens (including phenoxy) is 1. The van der Waals surface area contributed by atoms with Crippen molar-refractivity contribution in [2.24, 2.45) is 5.92 Å². The molecule has 0 saturated carbocycles. The van der Waals surface area contributed by atoms with Gasteiger partial charge in [0, 0.05) is 6.07 Å². The summed E-state index contributed by atoms with van der Waals surface area (Å²) < 4.78 is 10.6. The minimum absolute atomic E-state index is 0.0380. The Kier molecular flexibility index (Phi) is 5.90. The molecule has 1 aromatic heterocycles. The summed E-state index contributed by atoms with van der Waals surface area (Å²) >= 11 is 0. The maximum absolute atomic E-state index is 11.9. The number of hydrogen-bond acceptors (Lipinski definition) is 5. The minimum atomic E-state index is -0.747. The molecule has 0 spiro atoms. The van der Waals surface area contributed by atoms with E-state index in [2.05, 4.69) is 26.8 Å². The molecule has 1 heterocycles. The highest BCUT2D eigenvalue weighted by atomic mass is 16.5. The van der Waals surface area contributed by atoms with Crippen LogP contribution in [-0.4, -0.2) is 16.8 Å². The molecule has 0 aliphatic rings. The van der Waals surface area contributed by atoms with E-state index in [0.717, 1.165) is 19.3 Å². The van der Waals surface area contributed by atoms with Crippen molar-refractivity contribution < 1.29 is 19.4 Å². The normalized spacial score (nSPS) is 12.1. The van der Waals surface area contributed by atoms with Gasteiger partial charge in [-0.25, -0.2) is 4.79 Å². The predicted molar refractivity (Wildman–Crippen MR) is 93.8 cm³/mol. The molecule has 2 N–H and O–H groups in total. The van der Waals surface area contributed by atoms with Crippen LogP contribution in [-0.2, 0) is 0 Å². The Hall–Kier alpha value is -2.43. The zero-order chi connectivity index (χ0) is 17.7. The molecule has 0 saturated heterocycles. The maximum atomic E-state index is 11.9. The van der Waals surface area contributed by atoms with Gasteiger partial charge in [-0.05, 0) is 51.2 Å². The monoisotopic (exact) mass is 332 g/mol. The second kappa shape index (κ2) is 7.90. The van der Waals surface area contributed by atoms with Crippen LogP contribution in [0.5, 0.6) is 17.2 Å². The van der Waals surface area contributed by atoms with Gasteiger partial charge in [-0.1, -0.05) is 18.6 Å². The molecular formula is C19H24O5. The third-order valence-electron chi connectivity index (χ3n) is 3.89. The summed E-state index contributed by atoms with van der Waals surface area (Å²) in [6.07, 6.45) is 5.06. The van der Waals surface area contributed by atoms with Crippen molar-refractivity contribution in [3.05, 3.63) is 40.3 Å². The van der Waals surface area contributed by atoms with Crippen LogP contribution >= 0.6 is 0 Å². The number of phenolic OH excluding ortho intramolecular Hbond substituents is 1. The van der Waals surface area contributed by atoms with E-state index in [4.69, 9.17) is 9.15 Å². The van der Waals surface area contributed by atoms with Crippen molar-refractivity contribution in [1.82, 2.24) is 0 Å². The first-order chi connectivity index (χ1) is 11.4. The van der Waals surface area contributed by atoms with Gasteiger partial charge >= 0.3 is 5.63 Å². The van der Waals surface area contributed by atoms with E-state index in [1.807, 2.05) is 0 Å². The largest absolute Gasteiger partial charge is 0.508 e. The second-order valence-corrected chi connectivity index (χ2v) is 6.35. The lowest BCUT2D eigenvalue weighted by Gasteiger charge is -2.12. The lowest BCUT2D eigenvalue weighted by Crippen LogP contribution is -2.10. The Morgan fingerprint density at radius 2 is 2.04 bits per heavy atom. The molecule has 2 aromatic rings. The highest BCUT2D eigenvalue weighted by molar-refractivity contribution is 5.86. The van der Waals surface area contributed by atoms with Gasteiger partial charge in [0.15, 0.2) is 5.75 Å². The van der Waals surface area contributed by atoms with Crippen LogP contribution in [0, 0.1) is 5.92 Å². The maximum Gasteiger partial charge on any atom is 0.383 e. The van der Waals surface area contributed by atoms with Crippen LogP contribution in [0.25, 0.3) is 11.0 Å². The van der Waals surface area contributed by atoms with Gasteiger partial charge in [-0.2, -0.15) is 0 Å². The van der Waals surface area contributed by atoms with Gasteiger partial charge in [-0.3, -0.25) is 0 Å². The Labute approximate surface area is 141 Å². The third-order valence-corrected chi connectivity index (χ3v) is 3.89. The standard InChI is InChI=1S/C19H24O5/c1-12(2)5-4-6-13(3)9-10-23-18-17(21)15-8-7-14(20)11-16(15)24-19(18)22/h5,7-8,11,13,20-21H,4,6,9-10H2,1-3H3. The minimum Gasteiger partial charge on any atom is -0.508 e. The van der Waals surface area contributed by atoms with E-state index < -0.39 is 5.63 Å². The first-order valence-corrected chi connectivity index (χ1v) is 8.13. The average molecular weight is 332 g/mol. The number of rotatable bonds is 7. The summed E-state index contributed by atoms with van der Waals surface area (Å²) in [5.74, 6) is -0.0146. The molecule has 1 aromatic carbocycles. The van der Waals surface area contributed by atoms with Crippen molar-refractivity contribution in [3.8, 4) is 17.2 Å². The highest BCUT2D eigenvalue weighted by Gasteiger charge is 2.16. The van der Waals surface area contributed by atoms with Crippen molar-refractivity contribution in [2.45, 2.75) is 40.0 Å².